The van der Waals surface area contributed by atoms with E-state index in [0.29, 0.717) is 26.4 Å². The summed E-state index contributed by atoms with van der Waals surface area (Å²) in [5.74, 6) is -0.272. The molecule has 0 spiro atoms. The van der Waals surface area contributed by atoms with Crippen molar-refractivity contribution >= 4 is 45.5 Å². The topological polar surface area (TPSA) is 69.9 Å². The minimum Gasteiger partial charge on any atom is -0.477 e. The average Bonchev–Trinajstić information content (AvgIpc) is 3.04. The molecule has 9 heteroatoms. The van der Waals surface area contributed by atoms with Crippen LogP contribution < -0.4 is 10.3 Å². The van der Waals surface area contributed by atoms with Crippen LogP contribution in [-0.4, -0.2) is 21.5 Å². The molecular weight excluding hydrogens is 387 g/mol. The van der Waals surface area contributed by atoms with Crippen molar-refractivity contribution in [3.8, 4) is 5.75 Å². The lowest BCUT2D eigenvalue weighted by Crippen LogP contribution is -2.26. The van der Waals surface area contributed by atoms with Gasteiger partial charge in [0.05, 0.1) is 10.7 Å². The molecule has 1 unspecified atom stereocenters. The summed E-state index contributed by atoms with van der Waals surface area (Å²) in [5.41, 5.74) is 0.145. The molecule has 1 aromatic carbocycles. The van der Waals surface area contributed by atoms with Gasteiger partial charge in [0.2, 0.25) is 0 Å². The molecule has 3 rings (SSSR count). The van der Waals surface area contributed by atoms with Gasteiger partial charge in [-0.05, 0) is 25.1 Å². The van der Waals surface area contributed by atoms with Crippen LogP contribution in [0.3, 0.4) is 0 Å². The molecule has 1 atom stereocenters. The molecular formula is C16H12Cl2N2O4S. The average molecular weight is 399 g/mol. The second-order valence-electron chi connectivity index (χ2n) is 5.08. The van der Waals surface area contributed by atoms with E-state index in [1.54, 1.807) is 23.7 Å². The molecule has 0 N–H and O–H groups in total. The van der Waals surface area contributed by atoms with Gasteiger partial charge in [-0.1, -0.05) is 23.2 Å². The van der Waals surface area contributed by atoms with E-state index in [9.17, 15) is 9.59 Å². The van der Waals surface area contributed by atoms with Crippen LogP contribution >= 0.6 is 34.5 Å². The predicted octanol–water partition coefficient (Wildman–Crippen LogP) is 3.57. The van der Waals surface area contributed by atoms with Gasteiger partial charge in [-0.2, -0.15) is 0 Å². The van der Waals surface area contributed by atoms with E-state index in [4.69, 9.17) is 32.7 Å². The van der Waals surface area contributed by atoms with E-state index in [-0.39, 0.29) is 12.2 Å². The van der Waals surface area contributed by atoms with Crippen molar-refractivity contribution in [1.82, 2.24) is 9.38 Å². The van der Waals surface area contributed by atoms with Gasteiger partial charge in [0.1, 0.15) is 12.4 Å². The summed E-state index contributed by atoms with van der Waals surface area (Å²) >= 11 is 13.1. The highest BCUT2D eigenvalue weighted by Crippen LogP contribution is 2.28. The highest BCUT2D eigenvalue weighted by atomic mass is 35.5. The van der Waals surface area contributed by atoms with E-state index in [1.165, 1.54) is 34.8 Å². The number of esters is 1. The van der Waals surface area contributed by atoms with E-state index in [1.807, 2.05) is 0 Å². The minimum absolute atomic E-state index is 0.121. The Morgan fingerprint density at radius 3 is 2.92 bits per heavy atom. The summed E-state index contributed by atoms with van der Waals surface area (Å²) in [7, 11) is 0. The fourth-order valence-electron chi connectivity index (χ4n) is 2.03. The monoisotopic (exact) mass is 398 g/mol. The molecule has 25 heavy (non-hydrogen) atoms. The highest BCUT2D eigenvalue weighted by Gasteiger charge is 2.18. The Labute approximate surface area is 156 Å². The van der Waals surface area contributed by atoms with Gasteiger partial charge in [0, 0.05) is 22.7 Å². The number of ether oxygens (including phenoxy) is 2. The van der Waals surface area contributed by atoms with Crippen molar-refractivity contribution in [2.45, 2.75) is 19.6 Å². The molecule has 0 aliphatic rings. The molecule has 0 saturated heterocycles. The number of thiazole rings is 1. The van der Waals surface area contributed by atoms with E-state index in [0.717, 1.165) is 0 Å². The third-order valence-corrected chi connectivity index (χ3v) is 4.54. The Kier molecular flexibility index (Phi) is 5.27. The Balaban J connectivity index is 1.63. The fraction of sp³-hybridized carbons (Fsp3) is 0.188. The maximum Gasteiger partial charge on any atom is 0.347 e. The van der Waals surface area contributed by atoms with E-state index >= 15 is 0 Å². The summed E-state index contributed by atoms with van der Waals surface area (Å²) in [6, 6.07) is 6.02. The summed E-state index contributed by atoms with van der Waals surface area (Å²) in [4.78, 5) is 28.8. The Hall–Kier alpha value is -2.09. The van der Waals surface area contributed by atoms with Gasteiger partial charge >= 0.3 is 5.97 Å². The zero-order chi connectivity index (χ0) is 18.0. The number of aromatic nitrogens is 2. The third-order valence-electron chi connectivity index (χ3n) is 3.25. The summed E-state index contributed by atoms with van der Waals surface area (Å²) in [6.45, 7) is 1.42. The SMILES string of the molecule is CC(Oc1ccc(Cl)cc1Cl)C(=O)OCc1cc(=O)n2ccsc2n1. The molecule has 6 nitrogen and oxygen atoms in total. The number of halogens is 2. The van der Waals surface area contributed by atoms with Crippen LogP contribution in [0, 0.1) is 0 Å². The van der Waals surface area contributed by atoms with E-state index in [2.05, 4.69) is 4.98 Å². The van der Waals surface area contributed by atoms with Gasteiger partial charge in [0.15, 0.2) is 11.1 Å². The maximum atomic E-state index is 12.1. The lowest BCUT2D eigenvalue weighted by Gasteiger charge is -2.15. The summed E-state index contributed by atoms with van der Waals surface area (Å²) in [5, 5.41) is 2.52. The van der Waals surface area contributed by atoms with Crippen molar-refractivity contribution in [1.29, 1.82) is 0 Å². The maximum absolute atomic E-state index is 12.1. The molecule has 0 bridgehead atoms. The molecule has 0 fully saturated rings. The number of nitrogens with zero attached hydrogens (tertiary/aromatic N) is 2. The van der Waals surface area contributed by atoms with Crippen LogP contribution in [0.5, 0.6) is 5.75 Å². The Morgan fingerprint density at radius 1 is 1.36 bits per heavy atom. The normalized spacial score (nSPS) is 12.1. The molecule has 3 aromatic rings. The molecule has 0 radical (unpaired) electrons. The predicted molar refractivity (Wildman–Crippen MR) is 95.7 cm³/mol. The fourth-order valence-corrected chi connectivity index (χ4v) is 3.23. The second-order valence-corrected chi connectivity index (χ2v) is 6.80. The van der Waals surface area contributed by atoms with Gasteiger partial charge in [-0.25, -0.2) is 9.78 Å². The largest absolute Gasteiger partial charge is 0.477 e. The van der Waals surface area contributed by atoms with Crippen molar-refractivity contribution < 1.29 is 14.3 Å². The lowest BCUT2D eigenvalue weighted by atomic mass is 10.3. The van der Waals surface area contributed by atoms with E-state index < -0.39 is 12.1 Å². The van der Waals surface area contributed by atoms with Crippen LogP contribution in [0.25, 0.3) is 4.96 Å². The van der Waals surface area contributed by atoms with Crippen molar-refractivity contribution in [2.75, 3.05) is 0 Å². The first kappa shape index (κ1) is 17.7. The van der Waals surface area contributed by atoms with Crippen LogP contribution in [0.15, 0.2) is 40.6 Å². The van der Waals surface area contributed by atoms with Crippen molar-refractivity contribution in [3.63, 3.8) is 0 Å². The second kappa shape index (κ2) is 7.43. The number of fused-ring (bicyclic) bond motifs is 1. The first-order valence-corrected chi connectivity index (χ1v) is 8.82. The quantitative estimate of drug-likeness (QED) is 0.614. The van der Waals surface area contributed by atoms with Gasteiger partial charge in [-0.15, -0.1) is 11.3 Å². The minimum atomic E-state index is -0.884. The molecule has 0 saturated carbocycles. The van der Waals surface area contributed by atoms with Crippen LogP contribution in [0.4, 0.5) is 0 Å². The Bertz CT molecular complexity index is 986. The number of rotatable bonds is 5. The van der Waals surface area contributed by atoms with Gasteiger partial charge < -0.3 is 9.47 Å². The van der Waals surface area contributed by atoms with Crippen LogP contribution in [-0.2, 0) is 16.1 Å². The lowest BCUT2D eigenvalue weighted by molar-refractivity contribution is -0.152. The van der Waals surface area contributed by atoms with Gasteiger partial charge in [0.25, 0.3) is 5.56 Å². The smallest absolute Gasteiger partial charge is 0.347 e. The number of carbonyl (C=O) groups excluding carboxylic acids is 1. The van der Waals surface area contributed by atoms with Crippen LogP contribution in [0.1, 0.15) is 12.6 Å². The van der Waals surface area contributed by atoms with Crippen molar-refractivity contribution in [3.05, 3.63) is 61.9 Å². The molecule has 2 heterocycles. The summed E-state index contributed by atoms with van der Waals surface area (Å²) < 4.78 is 12.1. The van der Waals surface area contributed by atoms with Crippen LogP contribution in [0.2, 0.25) is 10.0 Å². The standard InChI is InChI=1S/C16H12Cl2N2O4S/c1-9(24-13-3-2-10(17)6-12(13)18)15(22)23-8-11-7-14(21)20-4-5-25-16(20)19-11/h2-7,9H,8H2,1H3. The zero-order valence-corrected chi connectivity index (χ0v) is 15.3. The molecule has 130 valence electrons. The molecule has 0 aliphatic carbocycles. The zero-order valence-electron chi connectivity index (χ0n) is 12.9. The molecule has 0 amide bonds. The number of benzene rings is 1. The first-order chi connectivity index (χ1) is 11.9. The number of hydrogen-bond acceptors (Lipinski definition) is 6. The summed E-state index contributed by atoms with van der Waals surface area (Å²) in [6.07, 6.45) is 0.752. The van der Waals surface area contributed by atoms with Gasteiger partial charge in [-0.3, -0.25) is 9.20 Å². The molecule has 2 aromatic heterocycles. The molecule has 0 aliphatic heterocycles. The first-order valence-electron chi connectivity index (χ1n) is 7.18. The Morgan fingerprint density at radius 2 is 2.16 bits per heavy atom. The third kappa shape index (κ3) is 4.12. The number of hydrogen-bond donors (Lipinski definition) is 0. The van der Waals surface area contributed by atoms with Crippen molar-refractivity contribution in [2.24, 2.45) is 0 Å². The number of carbonyl (C=O) groups is 1. The highest BCUT2D eigenvalue weighted by molar-refractivity contribution is 7.15.